The molecule has 0 saturated heterocycles. The summed E-state index contributed by atoms with van der Waals surface area (Å²) < 4.78 is 11.7. The number of nitro groups is 1. The number of ether oxygens (including phenoxy) is 2. The van der Waals surface area contributed by atoms with Crippen LogP contribution in [0.15, 0.2) is 48.5 Å². The Morgan fingerprint density at radius 3 is 2.31 bits per heavy atom. The van der Waals surface area contributed by atoms with E-state index in [1.54, 1.807) is 28.9 Å². The van der Waals surface area contributed by atoms with E-state index in [9.17, 15) is 24.5 Å². The van der Waals surface area contributed by atoms with Crippen molar-refractivity contribution >= 4 is 29.2 Å². The van der Waals surface area contributed by atoms with Gasteiger partial charge in [0.05, 0.1) is 29.0 Å². The molecule has 36 heavy (non-hydrogen) atoms. The number of non-ortho nitro benzene ring substituents is 1. The van der Waals surface area contributed by atoms with E-state index in [0.717, 1.165) is 22.6 Å². The molecule has 0 saturated carbocycles. The van der Waals surface area contributed by atoms with Gasteiger partial charge in [-0.25, -0.2) is 9.48 Å². The van der Waals surface area contributed by atoms with Crippen molar-refractivity contribution in [2.75, 3.05) is 12.4 Å². The molecule has 1 heterocycles. The van der Waals surface area contributed by atoms with Crippen molar-refractivity contribution in [2.45, 2.75) is 39.7 Å². The third-order valence-electron chi connectivity index (χ3n) is 5.59. The standard InChI is InChI=1S/C25H26N4O7/c1-15-22(13-14-23(30)35-4)16(2)28(27-15)20-9-5-18(6-10-20)25(32)36-17(3)24(31)26-19-7-11-21(12-8-19)29(33)34/h5-12,17H,13-14H2,1-4H3,(H,26,31). The number of methoxy groups -OCH3 is 1. The molecule has 0 radical (unpaired) electrons. The van der Waals surface area contributed by atoms with Gasteiger partial charge in [0.1, 0.15) is 0 Å². The van der Waals surface area contributed by atoms with Crippen LogP contribution >= 0.6 is 0 Å². The summed E-state index contributed by atoms with van der Waals surface area (Å²) in [7, 11) is 1.35. The molecule has 11 nitrogen and oxygen atoms in total. The average Bonchev–Trinajstić information content (AvgIpc) is 3.15. The highest BCUT2D eigenvalue weighted by atomic mass is 16.6. The van der Waals surface area contributed by atoms with Crippen molar-refractivity contribution in [1.29, 1.82) is 0 Å². The van der Waals surface area contributed by atoms with E-state index in [1.165, 1.54) is 38.3 Å². The average molecular weight is 495 g/mol. The number of hydrogen-bond donors (Lipinski definition) is 1. The number of anilines is 1. The van der Waals surface area contributed by atoms with Crippen LogP contribution < -0.4 is 5.32 Å². The number of carbonyl (C=O) groups excluding carboxylic acids is 3. The summed E-state index contributed by atoms with van der Waals surface area (Å²) in [5.74, 6) is -1.55. The first kappa shape index (κ1) is 26.1. The highest BCUT2D eigenvalue weighted by Crippen LogP contribution is 2.21. The van der Waals surface area contributed by atoms with Crippen LogP contribution in [0.3, 0.4) is 0 Å². The van der Waals surface area contributed by atoms with Crippen LogP contribution in [0, 0.1) is 24.0 Å². The Morgan fingerprint density at radius 1 is 1.08 bits per heavy atom. The van der Waals surface area contributed by atoms with E-state index >= 15 is 0 Å². The molecule has 1 aromatic heterocycles. The summed E-state index contributed by atoms with van der Waals surface area (Å²) in [6, 6.07) is 11.9. The topological polar surface area (TPSA) is 143 Å². The Labute approximate surface area is 207 Å². The lowest BCUT2D eigenvalue weighted by Crippen LogP contribution is -2.30. The number of rotatable bonds is 9. The van der Waals surface area contributed by atoms with Gasteiger partial charge in [0.25, 0.3) is 11.6 Å². The molecule has 0 bridgehead atoms. The Kier molecular flexibility index (Phi) is 8.15. The Bertz CT molecular complexity index is 1280. The summed E-state index contributed by atoms with van der Waals surface area (Å²) in [6.45, 7) is 5.20. The smallest absolute Gasteiger partial charge is 0.338 e. The molecule has 11 heteroatoms. The van der Waals surface area contributed by atoms with Gasteiger partial charge in [-0.3, -0.25) is 19.7 Å². The largest absolute Gasteiger partial charge is 0.469 e. The van der Waals surface area contributed by atoms with Crippen LogP contribution in [0.2, 0.25) is 0 Å². The molecule has 3 aromatic rings. The SMILES string of the molecule is COC(=O)CCc1c(C)nn(-c2ccc(C(=O)OC(C)C(=O)Nc3ccc([N+](=O)[O-])cc3)cc2)c1C. The number of aromatic nitrogens is 2. The molecule has 1 atom stereocenters. The molecule has 0 spiro atoms. The van der Waals surface area contributed by atoms with Gasteiger partial charge in [-0.05, 0) is 69.2 Å². The maximum absolute atomic E-state index is 12.5. The summed E-state index contributed by atoms with van der Waals surface area (Å²) in [5, 5.41) is 17.8. The van der Waals surface area contributed by atoms with Crippen LogP contribution in [-0.2, 0) is 25.5 Å². The Morgan fingerprint density at radius 2 is 1.72 bits per heavy atom. The zero-order valence-electron chi connectivity index (χ0n) is 20.3. The van der Waals surface area contributed by atoms with Crippen molar-refractivity contribution < 1.29 is 28.8 Å². The number of amides is 1. The van der Waals surface area contributed by atoms with E-state index in [4.69, 9.17) is 9.47 Å². The molecule has 2 aromatic carbocycles. The predicted molar refractivity (Wildman–Crippen MR) is 130 cm³/mol. The lowest BCUT2D eigenvalue weighted by atomic mass is 10.1. The van der Waals surface area contributed by atoms with Gasteiger partial charge in [0.15, 0.2) is 6.10 Å². The molecule has 188 valence electrons. The monoisotopic (exact) mass is 494 g/mol. The fraction of sp³-hybridized carbons (Fsp3) is 0.280. The van der Waals surface area contributed by atoms with Crippen LogP contribution in [0.1, 0.15) is 40.7 Å². The maximum atomic E-state index is 12.5. The third-order valence-corrected chi connectivity index (χ3v) is 5.59. The first-order valence-electron chi connectivity index (χ1n) is 11.1. The van der Waals surface area contributed by atoms with Gasteiger partial charge in [0, 0.05) is 29.9 Å². The molecule has 0 aliphatic heterocycles. The van der Waals surface area contributed by atoms with Crippen molar-refractivity contribution in [3.05, 3.63) is 81.2 Å². The lowest BCUT2D eigenvalue weighted by Gasteiger charge is -2.14. The Hall–Kier alpha value is -4.54. The van der Waals surface area contributed by atoms with E-state index in [0.29, 0.717) is 12.1 Å². The zero-order valence-corrected chi connectivity index (χ0v) is 20.3. The van der Waals surface area contributed by atoms with E-state index in [-0.39, 0.29) is 23.6 Å². The number of carbonyl (C=O) groups is 3. The fourth-order valence-corrected chi connectivity index (χ4v) is 3.55. The molecule has 1 N–H and O–H groups in total. The molecule has 1 amide bonds. The molecule has 0 aliphatic carbocycles. The van der Waals surface area contributed by atoms with Crippen LogP contribution in [0.4, 0.5) is 11.4 Å². The van der Waals surface area contributed by atoms with Gasteiger partial charge < -0.3 is 14.8 Å². The normalized spacial score (nSPS) is 11.4. The van der Waals surface area contributed by atoms with Crippen molar-refractivity contribution in [1.82, 2.24) is 9.78 Å². The highest BCUT2D eigenvalue weighted by Gasteiger charge is 2.20. The van der Waals surface area contributed by atoms with Crippen LogP contribution in [0.25, 0.3) is 5.69 Å². The van der Waals surface area contributed by atoms with Gasteiger partial charge in [-0.1, -0.05) is 0 Å². The van der Waals surface area contributed by atoms with E-state index in [2.05, 4.69) is 10.4 Å². The maximum Gasteiger partial charge on any atom is 0.338 e. The molecular formula is C25H26N4O7. The van der Waals surface area contributed by atoms with Gasteiger partial charge in [-0.15, -0.1) is 0 Å². The van der Waals surface area contributed by atoms with Crippen molar-refractivity contribution in [3.8, 4) is 5.69 Å². The number of hydrogen-bond acceptors (Lipinski definition) is 8. The quantitative estimate of drug-likeness (QED) is 0.270. The second-order valence-electron chi connectivity index (χ2n) is 8.02. The highest BCUT2D eigenvalue weighted by molar-refractivity contribution is 5.97. The molecule has 0 aliphatic rings. The summed E-state index contributed by atoms with van der Waals surface area (Å²) in [5.41, 5.74) is 3.84. The van der Waals surface area contributed by atoms with Crippen LogP contribution in [0.5, 0.6) is 0 Å². The number of benzene rings is 2. The molecule has 1 unspecified atom stereocenters. The first-order chi connectivity index (χ1) is 17.1. The van der Waals surface area contributed by atoms with Crippen LogP contribution in [-0.4, -0.2) is 45.8 Å². The minimum absolute atomic E-state index is 0.103. The second kappa shape index (κ2) is 11.3. The molecule has 0 fully saturated rings. The summed E-state index contributed by atoms with van der Waals surface area (Å²) in [6.07, 6.45) is -0.333. The molecule has 3 rings (SSSR count). The number of nitro benzene ring substituents is 1. The minimum atomic E-state index is -1.10. The van der Waals surface area contributed by atoms with Gasteiger partial charge in [0.2, 0.25) is 0 Å². The first-order valence-corrected chi connectivity index (χ1v) is 11.1. The zero-order chi connectivity index (χ0) is 26.4. The van der Waals surface area contributed by atoms with Gasteiger partial charge >= 0.3 is 11.9 Å². The van der Waals surface area contributed by atoms with Crippen molar-refractivity contribution in [2.24, 2.45) is 0 Å². The molecular weight excluding hydrogens is 468 g/mol. The fourth-order valence-electron chi connectivity index (χ4n) is 3.55. The summed E-state index contributed by atoms with van der Waals surface area (Å²) in [4.78, 5) is 46.6. The predicted octanol–water partition coefficient (Wildman–Crippen LogP) is 3.69. The van der Waals surface area contributed by atoms with Crippen molar-refractivity contribution in [3.63, 3.8) is 0 Å². The minimum Gasteiger partial charge on any atom is -0.469 e. The number of esters is 2. The summed E-state index contributed by atoms with van der Waals surface area (Å²) >= 11 is 0. The van der Waals surface area contributed by atoms with E-state index in [1.807, 2.05) is 13.8 Å². The lowest BCUT2D eigenvalue weighted by molar-refractivity contribution is -0.384. The number of nitrogens with one attached hydrogen (secondary N) is 1. The third kappa shape index (κ3) is 6.12. The second-order valence-corrected chi connectivity index (χ2v) is 8.02. The number of aryl methyl sites for hydroxylation is 1. The van der Waals surface area contributed by atoms with Gasteiger partial charge in [-0.2, -0.15) is 5.10 Å². The number of nitrogens with zero attached hydrogens (tertiary/aromatic N) is 3. The van der Waals surface area contributed by atoms with E-state index < -0.39 is 22.9 Å². The Balaban J connectivity index is 1.63.